The number of hydrogen-bond acceptors (Lipinski definition) is 4. The van der Waals surface area contributed by atoms with Crippen molar-refractivity contribution >= 4 is 50.5 Å². The summed E-state index contributed by atoms with van der Waals surface area (Å²) < 4.78 is 6.53. The molecule has 2 aromatic heterocycles. The Morgan fingerprint density at radius 2 is 2.25 bits per heavy atom. The summed E-state index contributed by atoms with van der Waals surface area (Å²) in [6.45, 7) is 1.26. The fourth-order valence-corrected chi connectivity index (χ4v) is 5.04. The van der Waals surface area contributed by atoms with Crippen LogP contribution in [0.3, 0.4) is 0 Å². The van der Waals surface area contributed by atoms with Crippen molar-refractivity contribution < 1.29 is 9.21 Å². The third kappa shape index (κ3) is 2.43. The van der Waals surface area contributed by atoms with Crippen molar-refractivity contribution in [2.24, 2.45) is 5.73 Å². The van der Waals surface area contributed by atoms with E-state index < -0.39 is 0 Å². The summed E-state index contributed by atoms with van der Waals surface area (Å²) in [6.07, 6.45) is 2.41. The summed E-state index contributed by atoms with van der Waals surface area (Å²) in [5, 5.41) is 2.14. The average molecular weight is 381 g/mol. The number of halogens is 2. The van der Waals surface area contributed by atoms with Gasteiger partial charge in [0.1, 0.15) is 5.76 Å². The molecule has 4 nitrogen and oxygen atoms in total. The van der Waals surface area contributed by atoms with Crippen molar-refractivity contribution in [1.82, 2.24) is 4.90 Å². The zero-order valence-electron chi connectivity index (χ0n) is 12.6. The molecule has 0 aliphatic carbocycles. The number of carbonyl (C=O) groups excluding carboxylic acids is 1. The van der Waals surface area contributed by atoms with Gasteiger partial charge in [-0.2, -0.15) is 0 Å². The van der Waals surface area contributed by atoms with E-state index in [-0.39, 0.29) is 12.5 Å². The first kappa shape index (κ1) is 16.0. The summed E-state index contributed by atoms with van der Waals surface area (Å²) in [6, 6.07) is 5.62. The minimum absolute atomic E-state index is 0.0322. The predicted octanol–water partition coefficient (Wildman–Crippen LogP) is 4.31. The molecule has 24 heavy (non-hydrogen) atoms. The number of nitrogens with zero attached hydrogens (tertiary/aromatic N) is 1. The highest BCUT2D eigenvalue weighted by Crippen LogP contribution is 2.46. The van der Waals surface area contributed by atoms with Gasteiger partial charge in [0, 0.05) is 22.4 Å². The Morgan fingerprint density at radius 3 is 2.96 bits per heavy atom. The fraction of sp³-hybridized carbons (Fsp3) is 0.235. The highest BCUT2D eigenvalue weighted by molar-refractivity contribution is 7.20. The van der Waals surface area contributed by atoms with Gasteiger partial charge < -0.3 is 15.1 Å². The molecule has 0 unspecified atom stereocenters. The molecule has 0 saturated carbocycles. The molecular weight excluding hydrogens is 367 g/mol. The number of nitrogens with two attached hydrogens (primary N) is 1. The standard InChI is InChI=1S/C17H14Cl2N2O2S/c18-11-6-10(12-2-1-5-23-12)15-9-3-4-21(14(22)7-20)8-13(9)24-17(15)16(11)19/h1-2,5-6H,3-4,7-8,20H2. The Morgan fingerprint density at radius 1 is 1.42 bits per heavy atom. The monoisotopic (exact) mass is 380 g/mol. The van der Waals surface area contributed by atoms with Crippen LogP contribution in [-0.4, -0.2) is 23.9 Å². The maximum atomic E-state index is 11.9. The molecule has 7 heteroatoms. The van der Waals surface area contributed by atoms with Crippen molar-refractivity contribution in [3.8, 4) is 11.3 Å². The van der Waals surface area contributed by atoms with Gasteiger partial charge >= 0.3 is 0 Å². The molecule has 0 radical (unpaired) electrons. The van der Waals surface area contributed by atoms with Gasteiger partial charge in [0.25, 0.3) is 0 Å². The second kappa shape index (κ2) is 6.08. The summed E-state index contributed by atoms with van der Waals surface area (Å²) in [5.74, 6) is 0.730. The maximum absolute atomic E-state index is 11.9. The molecule has 0 fully saturated rings. The molecule has 2 N–H and O–H groups in total. The maximum Gasteiger partial charge on any atom is 0.236 e. The van der Waals surface area contributed by atoms with Gasteiger partial charge in [-0.05, 0) is 30.2 Å². The highest BCUT2D eigenvalue weighted by atomic mass is 35.5. The number of thiophene rings is 1. The second-order valence-corrected chi connectivity index (χ2v) is 7.56. The summed E-state index contributed by atoms with van der Waals surface area (Å²) >= 11 is 14.4. The summed E-state index contributed by atoms with van der Waals surface area (Å²) in [4.78, 5) is 14.8. The van der Waals surface area contributed by atoms with Crippen LogP contribution in [-0.2, 0) is 17.8 Å². The van der Waals surface area contributed by atoms with Gasteiger partial charge in [0.15, 0.2) is 0 Å². The fourth-order valence-electron chi connectivity index (χ4n) is 3.18. The number of furan rings is 1. The van der Waals surface area contributed by atoms with Crippen LogP contribution in [0.2, 0.25) is 10.0 Å². The van der Waals surface area contributed by atoms with Crippen LogP contribution in [0.5, 0.6) is 0 Å². The minimum atomic E-state index is -0.0338. The lowest BCUT2D eigenvalue weighted by Gasteiger charge is -2.26. The Bertz CT molecular complexity index is 934. The van der Waals surface area contributed by atoms with E-state index >= 15 is 0 Å². The number of fused-ring (bicyclic) bond motifs is 3. The molecule has 1 aliphatic heterocycles. The lowest BCUT2D eigenvalue weighted by Crippen LogP contribution is -2.39. The van der Waals surface area contributed by atoms with Crippen LogP contribution in [0.4, 0.5) is 0 Å². The number of carbonyl (C=O) groups is 1. The largest absolute Gasteiger partial charge is 0.464 e. The average Bonchev–Trinajstić information content (AvgIpc) is 3.24. The van der Waals surface area contributed by atoms with Crippen LogP contribution in [0, 0.1) is 0 Å². The molecule has 0 atom stereocenters. The van der Waals surface area contributed by atoms with E-state index in [2.05, 4.69) is 0 Å². The van der Waals surface area contributed by atoms with E-state index in [1.165, 1.54) is 5.56 Å². The van der Waals surface area contributed by atoms with E-state index in [0.29, 0.717) is 23.1 Å². The van der Waals surface area contributed by atoms with Gasteiger partial charge in [-0.25, -0.2) is 0 Å². The molecular formula is C17H14Cl2N2O2S. The van der Waals surface area contributed by atoms with Crippen LogP contribution in [0.15, 0.2) is 28.9 Å². The van der Waals surface area contributed by atoms with Crippen molar-refractivity contribution in [1.29, 1.82) is 0 Å². The Kier molecular flexibility index (Phi) is 4.04. The molecule has 3 aromatic rings. The smallest absolute Gasteiger partial charge is 0.236 e. The Hall–Kier alpha value is -1.53. The topological polar surface area (TPSA) is 59.5 Å². The zero-order valence-corrected chi connectivity index (χ0v) is 15.0. The third-order valence-corrected chi connectivity index (χ3v) is 6.45. The van der Waals surface area contributed by atoms with Gasteiger partial charge in [-0.1, -0.05) is 23.2 Å². The number of rotatable bonds is 2. The van der Waals surface area contributed by atoms with E-state index in [1.807, 2.05) is 18.2 Å². The molecule has 1 aliphatic rings. The van der Waals surface area contributed by atoms with Gasteiger partial charge in [0.05, 0.1) is 34.1 Å². The molecule has 4 rings (SSSR count). The lowest BCUT2D eigenvalue weighted by atomic mass is 9.98. The first-order chi connectivity index (χ1) is 11.6. The van der Waals surface area contributed by atoms with Gasteiger partial charge in [-0.3, -0.25) is 4.79 Å². The minimum Gasteiger partial charge on any atom is -0.464 e. The molecule has 1 amide bonds. The van der Waals surface area contributed by atoms with Crippen LogP contribution < -0.4 is 5.73 Å². The molecule has 1 aromatic carbocycles. The van der Waals surface area contributed by atoms with Crippen LogP contribution >= 0.6 is 34.5 Å². The van der Waals surface area contributed by atoms with Crippen molar-refractivity contribution in [2.45, 2.75) is 13.0 Å². The lowest BCUT2D eigenvalue weighted by molar-refractivity contribution is -0.130. The number of benzene rings is 1. The second-order valence-electron chi connectivity index (χ2n) is 5.67. The quantitative estimate of drug-likeness (QED) is 0.720. The first-order valence-corrected chi connectivity index (χ1v) is 9.11. The third-order valence-electron chi connectivity index (χ3n) is 4.32. The molecule has 0 bridgehead atoms. The summed E-state index contributed by atoms with van der Waals surface area (Å²) in [5.41, 5.74) is 7.66. The highest BCUT2D eigenvalue weighted by Gasteiger charge is 2.27. The van der Waals surface area contributed by atoms with Crippen LogP contribution in [0.25, 0.3) is 21.4 Å². The van der Waals surface area contributed by atoms with Gasteiger partial charge in [0.2, 0.25) is 5.91 Å². The van der Waals surface area contributed by atoms with E-state index in [9.17, 15) is 4.79 Å². The Balaban J connectivity index is 1.93. The van der Waals surface area contributed by atoms with Crippen LogP contribution in [0.1, 0.15) is 10.4 Å². The van der Waals surface area contributed by atoms with E-state index in [4.69, 9.17) is 33.4 Å². The molecule has 0 saturated heterocycles. The first-order valence-electron chi connectivity index (χ1n) is 7.54. The zero-order chi connectivity index (χ0) is 16.8. The SMILES string of the molecule is NCC(=O)N1CCc2c(sc3c(Cl)c(Cl)cc(-c4ccco4)c23)C1. The molecule has 3 heterocycles. The Labute approximate surface area is 152 Å². The molecule has 0 spiro atoms. The van der Waals surface area contributed by atoms with E-state index in [1.54, 1.807) is 22.5 Å². The van der Waals surface area contributed by atoms with Crippen molar-refractivity contribution in [3.05, 3.63) is 44.9 Å². The summed E-state index contributed by atoms with van der Waals surface area (Å²) in [7, 11) is 0. The van der Waals surface area contributed by atoms with Gasteiger partial charge in [-0.15, -0.1) is 11.3 Å². The van der Waals surface area contributed by atoms with Crippen molar-refractivity contribution in [2.75, 3.05) is 13.1 Å². The van der Waals surface area contributed by atoms with Crippen molar-refractivity contribution in [3.63, 3.8) is 0 Å². The predicted molar refractivity (Wildman–Crippen MR) is 97.7 cm³/mol. The molecule has 124 valence electrons. The number of amides is 1. The van der Waals surface area contributed by atoms with E-state index in [0.717, 1.165) is 32.7 Å². The number of hydrogen-bond donors (Lipinski definition) is 1. The normalized spacial score (nSPS) is 14.2.